The van der Waals surface area contributed by atoms with Gasteiger partial charge in [0.15, 0.2) is 5.60 Å². The van der Waals surface area contributed by atoms with Crippen molar-refractivity contribution in [3.8, 4) is 5.75 Å². The number of aliphatic hydroxyl groups excluding tert-OH is 1. The van der Waals surface area contributed by atoms with Crippen molar-refractivity contribution in [3.05, 3.63) is 23.3 Å². The van der Waals surface area contributed by atoms with Gasteiger partial charge in [0, 0.05) is 12.1 Å². The van der Waals surface area contributed by atoms with Crippen LogP contribution in [-0.4, -0.2) is 52.2 Å². The number of anilines is 1. The largest absolute Gasteiger partial charge is 0.476 e. The third-order valence-electron chi connectivity index (χ3n) is 6.67. The van der Waals surface area contributed by atoms with Gasteiger partial charge in [-0.3, -0.25) is 9.59 Å². The Bertz CT molecular complexity index is 923. The summed E-state index contributed by atoms with van der Waals surface area (Å²) in [7, 11) is 0. The molecule has 9 heteroatoms. The van der Waals surface area contributed by atoms with E-state index in [2.05, 4.69) is 0 Å². The van der Waals surface area contributed by atoms with Crippen LogP contribution in [0.5, 0.6) is 5.75 Å². The molecule has 0 saturated heterocycles. The van der Waals surface area contributed by atoms with Crippen molar-refractivity contribution in [2.24, 2.45) is 0 Å². The molecule has 2 amide bonds. The van der Waals surface area contributed by atoms with Gasteiger partial charge in [-0.25, -0.2) is 0 Å². The number of ether oxygens (including phenoxy) is 1. The first-order valence-electron chi connectivity index (χ1n) is 12.0. The molecule has 1 aromatic carbocycles. The number of amides is 2. The van der Waals surface area contributed by atoms with Crippen LogP contribution in [0.4, 0.5) is 18.9 Å². The van der Waals surface area contributed by atoms with Gasteiger partial charge >= 0.3 is 6.18 Å². The van der Waals surface area contributed by atoms with Crippen molar-refractivity contribution in [1.82, 2.24) is 4.90 Å². The summed E-state index contributed by atoms with van der Waals surface area (Å²) < 4.78 is 48.2. The lowest BCUT2D eigenvalue weighted by molar-refractivity contribution is -0.138. The first-order chi connectivity index (χ1) is 15.8. The van der Waals surface area contributed by atoms with E-state index in [4.69, 9.17) is 4.74 Å². The first-order valence-corrected chi connectivity index (χ1v) is 12.0. The summed E-state index contributed by atoms with van der Waals surface area (Å²) in [5.41, 5.74) is -2.93. The molecular formula is C25H35F3N2O4. The van der Waals surface area contributed by atoms with Crippen LogP contribution in [0.1, 0.15) is 89.1 Å². The van der Waals surface area contributed by atoms with E-state index in [-0.39, 0.29) is 30.1 Å². The number of halogens is 3. The van der Waals surface area contributed by atoms with Gasteiger partial charge in [-0.1, -0.05) is 26.2 Å². The zero-order chi connectivity index (χ0) is 25.4. The molecule has 2 aliphatic rings. The molecule has 1 aliphatic carbocycles. The maximum Gasteiger partial charge on any atom is 0.417 e. The second-order valence-corrected chi connectivity index (χ2v) is 10.1. The van der Waals surface area contributed by atoms with Gasteiger partial charge in [-0.05, 0) is 59.1 Å². The number of nitrogens with zero attached hydrogens (tertiary/aromatic N) is 2. The minimum absolute atomic E-state index is 0.0699. The number of fused-ring (bicyclic) bond motifs is 1. The number of carbonyl (C=O) groups excluding carboxylic acids is 2. The van der Waals surface area contributed by atoms with E-state index in [9.17, 15) is 27.9 Å². The van der Waals surface area contributed by atoms with Crippen LogP contribution < -0.4 is 9.64 Å². The number of rotatable bonds is 6. The molecule has 1 N–H and O–H groups in total. The van der Waals surface area contributed by atoms with Gasteiger partial charge in [0.2, 0.25) is 0 Å². The Hall–Kier alpha value is -2.29. The third kappa shape index (κ3) is 5.19. The van der Waals surface area contributed by atoms with Crippen LogP contribution in [0, 0.1) is 0 Å². The van der Waals surface area contributed by atoms with Crippen molar-refractivity contribution in [3.63, 3.8) is 0 Å². The number of hydrogen-bond acceptors (Lipinski definition) is 4. The van der Waals surface area contributed by atoms with Gasteiger partial charge in [0.25, 0.3) is 11.8 Å². The number of β-amino-alcohol motifs (C(OH)–C–C–N with tert-alkyl or cyclic N) is 1. The lowest BCUT2D eigenvalue weighted by atomic mass is 9.92. The number of benzene rings is 1. The predicted octanol–water partition coefficient (Wildman–Crippen LogP) is 5.16. The number of carbonyl (C=O) groups is 2. The fourth-order valence-electron chi connectivity index (χ4n) is 4.87. The van der Waals surface area contributed by atoms with Gasteiger partial charge in [0.1, 0.15) is 5.75 Å². The fraction of sp³-hybridized carbons (Fsp3) is 0.680. The molecular weight excluding hydrogens is 449 g/mol. The first kappa shape index (κ1) is 26.3. The Labute approximate surface area is 199 Å². The minimum Gasteiger partial charge on any atom is -0.476 e. The highest BCUT2D eigenvalue weighted by Gasteiger charge is 2.45. The third-order valence-corrected chi connectivity index (χ3v) is 6.67. The Kier molecular flexibility index (Phi) is 7.55. The van der Waals surface area contributed by atoms with E-state index in [0.29, 0.717) is 6.42 Å². The minimum atomic E-state index is -4.79. The summed E-state index contributed by atoms with van der Waals surface area (Å²) in [6.45, 7) is 8.19. The van der Waals surface area contributed by atoms with Crippen LogP contribution in [0.15, 0.2) is 12.1 Å². The summed E-state index contributed by atoms with van der Waals surface area (Å²) in [5.74, 6) is -1.32. The Balaban J connectivity index is 2.17. The molecule has 34 heavy (non-hydrogen) atoms. The molecule has 190 valence electrons. The van der Waals surface area contributed by atoms with E-state index in [1.54, 1.807) is 25.7 Å². The maximum atomic E-state index is 14.2. The number of hydrogen-bond donors (Lipinski definition) is 1. The molecule has 3 rings (SSSR count). The van der Waals surface area contributed by atoms with Crippen molar-refractivity contribution < 1.29 is 32.6 Å². The SMILES string of the molecule is CCC(O)CN1C(=O)C(C)(C)Oc2cc(C(F)(F)F)c(C(=O)N(C(C)C)C3CCCCC3)cc21. The smallest absolute Gasteiger partial charge is 0.417 e. The van der Waals surface area contributed by atoms with Crippen LogP contribution in [0.3, 0.4) is 0 Å². The van der Waals surface area contributed by atoms with E-state index >= 15 is 0 Å². The Morgan fingerprint density at radius 2 is 1.85 bits per heavy atom. The highest BCUT2D eigenvalue weighted by atomic mass is 19.4. The molecule has 1 unspecified atom stereocenters. The quantitative estimate of drug-likeness (QED) is 0.605. The highest BCUT2D eigenvalue weighted by Crippen LogP contribution is 2.44. The van der Waals surface area contributed by atoms with Crippen molar-refractivity contribution in [2.75, 3.05) is 11.4 Å². The summed E-state index contributed by atoms with van der Waals surface area (Å²) in [6.07, 6.45) is -0.904. The zero-order valence-corrected chi connectivity index (χ0v) is 20.5. The molecule has 1 saturated carbocycles. The predicted molar refractivity (Wildman–Crippen MR) is 123 cm³/mol. The molecule has 1 atom stereocenters. The number of aliphatic hydroxyl groups is 1. The molecule has 1 heterocycles. The molecule has 0 bridgehead atoms. The van der Waals surface area contributed by atoms with Crippen LogP contribution >= 0.6 is 0 Å². The van der Waals surface area contributed by atoms with E-state index < -0.39 is 40.8 Å². The van der Waals surface area contributed by atoms with Crippen LogP contribution in [-0.2, 0) is 11.0 Å². The molecule has 0 aromatic heterocycles. The van der Waals surface area contributed by atoms with Crippen molar-refractivity contribution in [1.29, 1.82) is 0 Å². The van der Waals surface area contributed by atoms with E-state index in [1.807, 2.05) is 0 Å². The van der Waals surface area contributed by atoms with Gasteiger partial charge < -0.3 is 19.6 Å². The second-order valence-electron chi connectivity index (χ2n) is 10.1. The highest BCUT2D eigenvalue weighted by molar-refractivity contribution is 6.05. The van der Waals surface area contributed by atoms with Gasteiger partial charge in [-0.2, -0.15) is 13.2 Å². The average Bonchev–Trinajstić information content (AvgIpc) is 2.75. The monoisotopic (exact) mass is 484 g/mol. The van der Waals surface area contributed by atoms with Crippen molar-refractivity contribution >= 4 is 17.5 Å². The van der Waals surface area contributed by atoms with Gasteiger partial charge in [0.05, 0.1) is 29.5 Å². The summed E-state index contributed by atoms with van der Waals surface area (Å²) >= 11 is 0. The Morgan fingerprint density at radius 3 is 2.38 bits per heavy atom. The molecule has 1 aromatic rings. The zero-order valence-electron chi connectivity index (χ0n) is 20.5. The lowest BCUT2D eigenvalue weighted by Crippen LogP contribution is -2.54. The normalized spacial score (nSPS) is 19.6. The molecule has 6 nitrogen and oxygen atoms in total. The molecule has 1 aliphatic heterocycles. The topological polar surface area (TPSA) is 70.1 Å². The van der Waals surface area contributed by atoms with E-state index in [0.717, 1.165) is 44.2 Å². The maximum absolute atomic E-state index is 14.2. The van der Waals surface area contributed by atoms with Crippen molar-refractivity contribution in [2.45, 2.75) is 103 Å². The van der Waals surface area contributed by atoms with E-state index in [1.165, 1.54) is 18.7 Å². The average molecular weight is 485 g/mol. The fourth-order valence-corrected chi connectivity index (χ4v) is 4.87. The van der Waals surface area contributed by atoms with Crippen LogP contribution in [0.2, 0.25) is 0 Å². The molecule has 1 fully saturated rings. The van der Waals surface area contributed by atoms with Crippen LogP contribution in [0.25, 0.3) is 0 Å². The standard InChI is InChI=1S/C25H35F3N2O4/c1-6-17(31)14-29-20-12-18(22(32)30(15(2)3)16-10-8-7-9-11-16)19(25(26,27)28)13-21(20)34-24(4,5)23(29)33/h12-13,15-17,31H,6-11,14H2,1-5H3. The lowest BCUT2D eigenvalue weighted by Gasteiger charge is -2.41. The summed E-state index contributed by atoms with van der Waals surface area (Å²) in [6, 6.07) is 1.52. The van der Waals surface area contributed by atoms with Gasteiger partial charge in [-0.15, -0.1) is 0 Å². The summed E-state index contributed by atoms with van der Waals surface area (Å²) in [5, 5.41) is 10.2. The Morgan fingerprint density at radius 1 is 1.24 bits per heavy atom. The second kappa shape index (κ2) is 9.76. The molecule has 0 radical (unpaired) electrons. The number of alkyl halides is 3. The summed E-state index contributed by atoms with van der Waals surface area (Å²) in [4.78, 5) is 29.5. The molecule has 0 spiro atoms.